The van der Waals surface area contributed by atoms with Crippen LogP contribution >= 0.6 is 15.9 Å². The predicted octanol–water partition coefficient (Wildman–Crippen LogP) is 2.00. The van der Waals surface area contributed by atoms with Gasteiger partial charge in [-0.2, -0.15) is 10.5 Å². The van der Waals surface area contributed by atoms with E-state index in [4.69, 9.17) is 15.6 Å². The van der Waals surface area contributed by atoms with E-state index in [0.717, 1.165) is 0 Å². The van der Waals surface area contributed by atoms with Crippen molar-refractivity contribution < 1.29 is 9.90 Å². The number of nitriles is 2. The van der Waals surface area contributed by atoms with Gasteiger partial charge >= 0.3 is 5.97 Å². The summed E-state index contributed by atoms with van der Waals surface area (Å²) in [6.45, 7) is 0.136. The van der Waals surface area contributed by atoms with Crippen LogP contribution in [0.3, 0.4) is 0 Å². The quantitative estimate of drug-likeness (QED) is 0.858. The van der Waals surface area contributed by atoms with Crippen LogP contribution in [0.4, 0.5) is 5.69 Å². The zero-order valence-electron chi connectivity index (χ0n) is 8.72. The summed E-state index contributed by atoms with van der Waals surface area (Å²) in [4.78, 5) is 12.3. The van der Waals surface area contributed by atoms with Gasteiger partial charge in [0, 0.05) is 4.47 Å². The van der Waals surface area contributed by atoms with Crippen LogP contribution in [0.2, 0.25) is 0 Å². The summed E-state index contributed by atoms with van der Waals surface area (Å²) in [7, 11) is 0. The highest BCUT2D eigenvalue weighted by Gasteiger charge is 2.12. The first-order valence-electron chi connectivity index (χ1n) is 4.62. The molecule has 0 bridgehead atoms. The zero-order valence-corrected chi connectivity index (χ0v) is 10.3. The number of hydrogen-bond acceptors (Lipinski definition) is 4. The van der Waals surface area contributed by atoms with Crippen LogP contribution < -0.4 is 4.90 Å². The molecule has 0 fully saturated rings. The van der Waals surface area contributed by atoms with Crippen LogP contribution in [0.1, 0.15) is 10.4 Å². The van der Waals surface area contributed by atoms with Crippen molar-refractivity contribution in [2.75, 3.05) is 18.0 Å². The van der Waals surface area contributed by atoms with Gasteiger partial charge in [-0.15, -0.1) is 0 Å². The van der Waals surface area contributed by atoms with Crippen LogP contribution in [0.5, 0.6) is 0 Å². The van der Waals surface area contributed by atoms with E-state index < -0.39 is 5.97 Å². The molecular weight excluding hydrogens is 286 g/mol. The normalized spacial score (nSPS) is 9.12. The number of aromatic carboxylic acids is 1. The predicted molar refractivity (Wildman–Crippen MR) is 64.5 cm³/mol. The van der Waals surface area contributed by atoms with Crippen molar-refractivity contribution >= 4 is 27.6 Å². The molecule has 0 aliphatic heterocycles. The van der Waals surface area contributed by atoms with Gasteiger partial charge in [0.05, 0.1) is 23.4 Å². The average molecular weight is 294 g/mol. The van der Waals surface area contributed by atoms with E-state index in [0.29, 0.717) is 10.2 Å². The van der Waals surface area contributed by atoms with Gasteiger partial charge < -0.3 is 10.0 Å². The summed E-state index contributed by atoms with van der Waals surface area (Å²) < 4.78 is 0.544. The Morgan fingerprint density at radius 2 is 1.94 bits per heavy atom. The molecule has 0 amide bonds. The molecule has 17 heavy (non-hydrogen) atoms. The molecule has 1 rings (SSSR count). The number of carbonyl (C=O) groups is 1. The third kappa shape index (κ3) is 3.20. The molecule has 1 N–H and O–H groups in total. The van der Waals surface area contributed by atoms with Crippen molar-refractivity contribution in [3.63, 3.8) is 0 Å². The second-order valence-electron chi connectivity index (χ2n) is 3.14. The van der Waals surface area contributed by atoms with Crippen LogP contribution in [0.25, 0.3) is 0 Å². The molecule has 5 nitrogen and oxygen atoms in total. The maximum absolute atomic E-state index is 10.7. The van der Waals surface area contributed by atoms with Crippen molar-refractivity contribution in [3.8, 4) is 12.1 Å². The third-order valence-corrected chi connectivity index (χ3v) is 2.69. The van der Waals surface area contributed by atoms with Gasteiger partial charge in [0.2, 0.25) is 0 Å². The van der Waals surface area contributed by atoms with Gasteiger partial charge in [-0.25, -0.2) is 4.79 Å². The van der Waals surface area contributed by atoms with Gasteiger partial charge in [0.1, 0.15) is 13.1 Å². The van der Waals surface area contributed by atoms with Crippen LogP contribution in [-0.4, -0.2) is 24.2 Å². The SMILES string of the molecule is N#CCN(CC#N)c1ccc(C(=O)O)cc1Br. The van der Waals surface area contributed by atoms with E-state index in [9.17, 15) is 4.79 Å². The lowest BCUT2D eigenvalue weighted by Gasteiger charge is -2.19. The van der Waals surface area contributed by atoms with Crippen molar-refractivity contribution in [3.05, 3.63) is 28.2 Å². The summed E-state index contributed by atoms with van der Waals surface area (Å²) in [5.41, 5.74) is 0.771. The Labute approximate surface area is 107 Å². The maximum Gasteiger partial charge on any atom is 0.335 e. The minimum Gasteiger partial charge on any atom is -0.478 e. The molecule has 0 spiro atoms. The largest absolute Gasteiger partial charge is 0.478 e. The number of carboxylic acid groups (broad SMARTS) is 1. The van der Waals surface area contributed by atoms with Gasteiger partial charge in [0.15, 0.2) is 0 Å². The minimum absolute atomic E-state index is 0.0680. The monoisotopic (exact) mass is 293 g/mol. The summed E-state index contributed by atoms with van der Waals surface area (Å²) in [6, 6.07) is 8.36. The van der Waals surface area contributed by atoms with E-state index in [1.54, 1.807) is 11.0 Å². The van der Waals surface area contributed by atoms with Gasteiger partial charge in [0.25, 0.3) is 0 Å². The molecule has 1 aromatic rings. The lowest BCUT2D eigenvalue weighted by molar-refractivity contribution is 0.0697. The minimum atomic E-state index is -1.02. The molecule has 0 aromatic heterocycles. The van der Waals surface area contributed by atoms with E-state index in [1.165, 1.54) is 12.1 Å². The Morgan fingerprint density at radius 1 is 1.35 bits per heavy atom. The first-order valence-corrected chi connectivity index (χ1v) is 5.41. The highest BCUT2D eigenvalue weighted by molar-refractivity contribution is 9.10. The summed E-state index contributed by atoms with van der Waals surface area (Å²) in [5.74, 6) is -1.02. The molecule has 1 aromatic carbocycles. The molecule has 0 atom stereocenters. The molecule has 0 heterocycles. The smallest absolute Gasteiger partial charge is 0.335 e. The second-order valence-corrected chi connectivity index (χ2v) is 4.00. The standard InChI is InChI=1S/C11H8BrN3O2/c12-9-7-8(11(16)17)1-2-10(9)15(5-3-13)6-4-14/h1-2,7H,5-6H2,(H,16,17). The number of benzene rings is 1. The van der Waals surface area contributed by atoms with Crippen LogP contribution in [0.15, 0.2) is 22.7 Å². The molecule has 0 aliphatic rings. The van der Waals surface area contributed by atoms with Crippen molar-refractivity contribution in [1.29, 1.82) is 10.5 Å². The average Bonchev–Trinajstić information content (AvgIpc) is 2.28. The fourth-order valence-corrected chi connectivity index (χ4v) is 1.92. The third-order valence-electron chi connectivity index (χ3n) is 2.06. The molecule has 0 radical (unpaired) electrons. The fourth-order valence-electron chi connectivity index (χ4n) is 1.29. The van der Waals surface area contributed by atoms with Gasteiger partial charge in [-0.3, -0.25) is 0 Å². The summed E-state index contributed by atoms with van der Waals surface area (Å²) in [6.07, 6.45) is 0. The Morgan fingerprint density at radius 3 is 2.35 bits per heavy atom. The van der Waals surface area contributed by atoms with Crippen molar-refractivity contribution in [1.82, 2.24) is 0 Å². The topological polar surface area (TPSA) is 88.1 Å². The molecular formula is C11H8BrN3O2. The van der Waals surface area contributed by atoms with Crippen molar-refractivity contribution in [2.24, 2.45) is 0 Å². The molecule has 0 unspecified atom stereocenters. The lowest BCUT2D eigenvalue weighted by Crippen LogP contribution is -2.24. The van der Waals surface area contributed by atoms with Gasteiger partial charge in [-0.1, -0.05) is 0 Å². The molecule has 0 saturated heterocycles. The summed E-state index contributed by atoms with van der Waals surface area (Å²) >= 11 is 3.23. The first kappa shape index (κ1) is 13.0. The number of carboxylic acids is 1. The fraction of sp³-hybridized carbons (Fsp3) is 0.182. The van der Waals surface area contributed by atoms with Crippen LogP contribution in [-0.2, 0) is 0 Å². The second kappa shape index (κ2) is 5.88. The first-order chi connectivity index (χ1) is 8.10. The number of rotatable bonds is 4. The van der Waals surface area contributed by atoms with Gasteiger partial charge in [-0.05, 0) is 34.1 Å². The van der Waals surface area contributed by atoms with E-state index in [2.05, 4.69) is 15.9 Å². The van der Waals surface area contributed by atoms with Crippen LogP contribution in [0, 0.1) is 22.7 Å². The Bertz CT molecular complexity index is 500. The molecule has 0 saturated carbocycles. The summed E-state index contributed by atoms with van der Waals surface area (Å²) in [5, 5.41) is 26.1. The molecule has 86 valence electrons. The number of nitrogens with zero attached hydrogens (tertiary/aromatic N) is 3. The maximum atomic E-state index is 10.7. The zero-order chi connectivity index (χ0) is 12.8. The number of halogens is 1. The Hall–Kier alpha value is -2.05. The lowest BCUT2D eigenvalue weighted by atomic mass is 10.2. The van der Waals surface area contributed by atoms with Crippen molar-refractivity contribution in [2.45, 2.75) is 0 Å². The molecule has 0 aliphatic carbocycles. The highest BCUT2D eigenvalue weighted by atomic mass is 79.9. The Balaban J connectivity index is 3.09. The number of hydrogen-bond donors (Lipinski definition) is 1. The van der Waals surface area contributed by atoms with E-state index in [1.807, 2.05) is 12.1 Å². The van der Waals surface area contributed by atoms with E-state index >= 15 is 0 Å². The molecule has 6 heteroatoms. The highest BCUT2D eigenvalue weighted by Crippen LogP contribution is 2.27. The number of anilines is 1. The van der Waals surface area contributed by atoms with E-state index in [-0.39, 0.29) is 18.7 Å². The Kier molecular flexibility index (Phi) is 4.50.